The summed E-state index contributed by atoms with van der Waals surface area (Å²) in [5.74, 6) is 0. The van der Waals surface area contributed by atoms with E-state index in [1.165, 1.54) is 17.7 Å². The third kappa shape index (κ3) is 5.23. The summed E-state index contributed by atoms with van der Waals surface area (Å²) in [6.07, 6.45) is 5.94. The highest BCUT2D eigenvalue weighted by Gasteiger charge is 2.23. The smallest absolute Gasteiger partial charge is 0.407 e. The van der Waals surface area contributed by atoms with E-state index in [4.69, 9.17) is 4.74 Å². The standard InChI is InChI=1S/C17H30N4O2/c1-12(20-16(22)23-17(2,3)4)9-10-18-14-7-6-8-15-13(14)11-19-21(15)5/h11-12,14,18H,6-10H2,1-5H3,(H,20,22). The fourth-order valence-corrected chi connectivity index (χ4v) is 2.97. The quantitative estimate of drug-likeness (QED) is 0.874. The molecule has 0 bridgehead atoms. The van der Waals surface area contributed by atoms with Crippen LogP contribution >= 0.6 is 0 Å². The van der Waals surface area contributed by atoms with E-state index in [9.17, 15) is 4.79 Å². The second-order valence-corrected chi connectivity index (χ2v) is 7.41. The van der Waals surface area contributed by atoms with E-state index in [1.807, 2.05) is 45.6 Å². The van der Waals surface area contributed by atoms with Gasteiger partial charge in [-0.05, 0) is 59.9 Å². The zero-order valence-electron chi connectivity index (χ0n) is 15.0. The lowest BCUT2D eigenvalue weighted by Crippen LogP contribution is -2.39. The number of carbonyl (C=O) groups excluding carboxylic acids is 1. The third-order valence-corrected chi connectivity index (χ3v) is 4.11. The molecule has 6 nitrogen and oxygen atoms in total. The van der Waals surface area contributed by atoms with Crippen LogP contribution in [0.15, 0.2) is 6.20 Å². The molecule has 130 valence electrons. The molecule has 1 aromatic rings. The Labute approximate surface area is 139 Å². The van der Waals surface area contributed by atoms with Gasteiger partial charge in [0.15, 0.2) is 0 Å². The number of nitrogens with one attached hydrogen (secondary N) is 2. The number of ether oxygens (including phenoxy) is 1. The molecule has 1 amide bonds. The minimum Gasteiger partial charge on any atom is -0.444 e. The van der Waals surface area contributed by atoms with Gasteiger partial charge in [0, 0.05) is 30.4 Å². The lowest BCUT2D eigenvalue weighted by molar-refractivity contribution is 0.0506. The van der Waals surface area contributed by atoms with Gasteiger partial charge in [-0.15, -0.1) is 0 Å². The predicted octanol–water partition coefficient (Wildman–Crippen LogP) is 2.69. The van der Waals surface area contributed by atoms with Crippen molar-refractivity contribution in [2.24, 2.45) is 7.05 Å². The van der Waals surface area contributed by atoms with Gasteiger partial charge in [-0.2, -0.15) is 5.10 Å². The van der Waals surface area contributed by atoms with Crippen LogP contribution in [0.25, 0.3) is 0 Å². The molecule has 0 aliphatic heterocycles. The van der Waals surface area contributed by atoms with Gasteiger partial charge >= 0.3 is 6.09 Å². The summed E-state index contributed by atoms with van der Waals surface area (Å²) in [6, 6.07) is 0.454. The molecule has 23 heavy (non-hydrogen) atoms. The number of aryl methyl sites for hydroxylation is 1. The van der Waals surface area contributed by atoms with Crippen molar-refractivity contribution in [3.63, 3.8) is 0 Å². The number of hydrogen-bond acceptors (Lipinski definition) is 4. The van der Waals surface area contributed by atoms with Gasteiger partial charge in [0.25, 0.3) is 0 Å². The molecule has 1 aliphatic carbocycles. The fraction of sp³-hybridized carbons (Fsp3) is 0.765. The van der Waals surface area contributed by atoms with E-state index in [1.54, 1.807) is 0 Å². The van der Waals surface area contributed by atoms with Crippen LogP contribution in [0.4, 0.5) is 4.79 Å². The highest BCUT2D eigenvalue weighted by atomic mass is 16.6. The van der Waals surface area contributed by atoms with Crippen molar-refractivity contribution in [2.45, 2.75) is 71.1 Å². The Kier molecular flexibility index (Phi) is 5.68. The summed E-state index contributed by atoms with van der Waals surface area (Å²) < 4.78 is 7.25. The van der Waals surface area contributed by atoms with Crippen LogP contribution in [0.1, 0.15) is 64.3 Å². The van der Waals surface area contributed by atoms with Crippen LogP contribution in [0.2, 0.25) is 0 Å². The Balaban J connectivity index is 1.74. The molecule has 2 N–H and O–H groups in total. The van der Waals surface area contributed by atoms with Gasteiger partial charge in [-0.3, -0.25) is 4.68 Å². The zero-order valence-corrected chi connectivity index (χ0v) is 15.0. The topological polar surface area (TPSA) is 68.2 Å². The first-order chi connectivity index (χ1) is 10.8. The summed E-state index contributed by atoms with van der Waals surface area (Å²) in [5, 5.41) is 10.8. The Hall–Kier alpha value is -1.56. The normalized spacial score (nSPS) is 19.1. The van der Waals surface area contributed by atoms with Crippen molar-refractivity contribution < 1.29 is 9.53 Å². The minimum atomic E-state index is -0.457. The van der Waals surface area contributed by atoms with Gasteiger partial charge in [-0.1, -0.05) is 0 Å². The number of alkyl carbamates (subject to hydrolysis) is 1. The number of carbonyl (C=O) groups is 1. The van der Waals surface area contributed by atoms with Crippen LogP contribution in [0.3, 0.4) is 0 Å². The Morgan fingerprint density at radius 2 is 2.26 bits per heavy atom. The van der Waals surface area contributed by atoms with Crippen molar-refractivity contribution in [2.75, 3.05) is 6.54 Å². The number of amides is 1. The summed E-state index contributed by atoms with van der Waals surface area (Å²) in [5.41, 5.74) is 2.21. The summed E-state index contributed by atoms with van der Waals surface area (Å²) in [6.45, 7) is 8.46. The average Bonchev–Trinajstić information content (AvgIpc) is 2.79. The molecule has 6 heteroatoms. The molecular weight excluding hydrogens is 292 g/mol. The summed E-state index contributed by atoms with van der Waals surface area (Å²) in [4.78, 5) is 11.7. The predicted molar refractivity (Wildman–Crippen MR) is 90.3 cm³/mol. The van der Waals surface area contributed by atoms with E-state index in [0.29, 0.717) is 6.04 Å². The molecular formula is C17H30N4O2. The zero-order chi connectivity index (χ0) is 17.0. The Morgan fingerprint density at radius 1 is 1.52 bits per heavy atom. The number of fused-ring (bicyclic) bond motifs is 1. The van der Waals surface area contributed by atoms with Crippen molar-refractivity contribution in [1.82, 2.24) is 20.4 Å². The maximum absolute atomic E-state index is 11.7. The largest absolute Gasteiger partial charge is 0.444 e. The van der Waals surface area contributed by atoms with Gasteiger partial charge in [-0.25, -0.2) is 4.79 Å². The lowest BCUT2D eigenvalue weighted by Gasteiger charge is -2.25. The SMILES string of the molecule is CC(CCNC1CCCc2c1cnn2C)NC(=O)OC(C)(C)C. The van der Waals surface area contributed by atoms with Crippen molar-refractivity contribution >= 4 is 6.09 Å². The summed E-state index contributed by atoms with van der Waals surface area (Å²) in [7, 11) is 2.01. The lowest BCUT2D eigenvalue weighted by atomic mass is 9.93. The highest BCUT2D eigenvalue weighted by Crippen LogP contribution is 2.28. The molecule has 2 atom stereocenters. The van der Waals surface area contributed by atoms with Gasteiger partial charge in [0.05, 0.1) is 6.20 Å². The van der Waals surface area contributed by atoms with Gasteiger partial charge < -0.3 is 15.4 Å². The Bertz CT molecular complexity index is 533. The second-order valence-electron chi connectivity index (χ2n) is 7.41. The van der Waals surface area contributed by atoms with Gasteiger partial charge in [0.1, 0.15) is 5.60 Å². The van der Waals surface area contributed by atoms with Crippen LogP contribution in [-0.2, 0) is 18.2 Å². The number of aromatic nitrogens is 2. The van der Waals surface area contributed by atoms with E-state index < -0.39 is 5.60 Å². The highest BCUT2D eigenvalue weighted by molar-refractivity contribution is 5.67. The van der Waals surface area contributed by atoms with E-state index in [0.717, 1.165) is 25.8 Å². The van der Waals surface area contributed by atoms with E-state index >= 15 is 0 Å². The van der Waals surface area contributed by atoms with E-state index in [2.05, 4.69) is 15.7 Å². The first-order valence-electron chi connectivity index (χ1n) is 8.50. The molecule has 0 saturated heterocycles. The maximum atomic E-state index is 11.7. The number of rotatable bonds is 5. The molecule has 2 rings (SSSR count). The molecule has 1 heterocycles. The molecule has 0 spiro atoms. The summed E-state index contributed by atoms with van der Waals surface area (Å²) >= 11 is 0. The van der Waals surface area contributed by atoms with Crippen LogP contribution in [0.5, 0.6) is 0 Å². The molecule has 0 saturated carbocycles. The van der Waals surface area contributed by atoms with Crippen LogP contribution < -0.4 is 10.6 Å². The molecule has 2 unspecified atom stereocenters. The van der Waals surface area contributed by atoms with Gasteiger partial charge in [0.2, 0.25) is 0 Å². The molecule has 0 fully saturated rings. The second kappa shape index (κ2) is 7.34. The van der Waals surface area contributed by atoms with Crippen molar-refractivity contribution in [1.29, 1.82) is 0 Å². The molecule has 1 aromatic heterocycles. The first-order valence-corrected chi connectivity index (χ1v) is 8.50. The van der Waals surface area contributed by atoms with Crippen molar-refractivity contribution in [3.05, 3.63) is 17.5 Å². The third-order valence-electron chi connectivity index (χ3n) is 4.11. The van der Waals surface area contributed by atoms with E-state index in [-0.39, 0.29) is 12.1 Å². The Morgan fingerprint density at radius 3 is 2.96 bits per heavy atom. The van der Waals surface area contributed by atoms with Crippen molar-refractivity contribution in [3.8, 4) is 0 Å². The maximum Gasteiger partial charge on any atom is 0.407 e. The first kappa shape index (κ1) is 17.8. The fourth-order valence-electron chi connectivity index (χ4n) is 2.97. The molecule has 0 radical (unpaired) electrons. The number of hydrogen-bond donors (Lipinski definition) is 2. The number of nitrogens with zero attached hydrogens (tertiary/aromatic N) is 2. The average molecular weight is 322 g/mol. The molecule has 1 aliphatic rings. The minimum absolute atomic E-state index is 0.0781. The molecule has 0 aromatic carbocycles. The van der Waals surface area contributed by atoms with Crippen LogP contribution in [-0.4, -0.2) is 34.1 Å². The monoisotopic (exact) mass is 322 g/mol. The van der Waals surface area contributed by atoms with Crippen LogP contribution in [0, 0.1) is 0 Å².